The fourth-order valence-corrected chi connectivity index (χ4v) is 5.28. The summed E-state index contributed by atoms with van der Waals surface area (Å²) in [6.07, 6.45) is -19.0. The Bertz CT molecular complexity index is 962. The van der Waals surface area contributed by atoms with E-state index < -0.39 is 129 Å². The monoisotopic (exact) mass is 627 g/mol. The molecule has 0 aromatic rings. The summed E-state index contributed by atoms with van der Waals surface area (Å²) in [6.45, 7) is 0.995. The first-order valence-electron chi connectivity index (χ1n) is 13.5. The van der Waals surface area contributed by atoms with Gasteiger partial charge in [-0.25, -0.2) is 0 Å². The maximum Gasteiger partial charge on any atom is 0.217 e. The number of amides is 3. The Morgan fingerprint density at radius 2 is 0.930 bits per heavy atom. The van der Waals surface area contributed by atoms with Gasteiger partial charge in [0.2, 0.25) is 17.7 Å². The molecule has 248 valence electrons. The first-order chi connectivity index (χ1) is 20.2. The molecule has 0 aromatic heterocycles. The Kier molecular flexibility index (Phi) is 12.5. The molecule has 0 bridgehead atoms. The van der Waals surface area contributed by atoms with E-state index in [1.54, 1.807) is 0 Å². The molecule has 3 rings (SSSR count). The van der Waals surface area contributed by atoms with Crippen LogP contribution >= 0.6 is 0 Å². The molecule has 1 unspecified atom stereocenters. The average Bonchev–Trinajstić information content (AvgIpc) is 2.94. The van der Waals surface area contributed by atoms with Crippen molar-refractivity contribution in [1.29, 1.82) is 0 Å². The van der Waals surface area contributed by atoms with Crippen LogP contribution in [0, 0.1) is 0 Å². The van der Waals surface area contributed by atoms with Gasteiger partial charge in [-0.3, -0.25) is 14.4 Å². The van der Waals surface area contributed by atoms with Crippen LogP contribution in [0.25, 0.3) is 0 Å². The zero-order valence-corrected chi connectivity index (χ0v) is 23.6. The van der Waals surface area contributed by atoms with Crippen molar-refractivity contribution in [2.24, 2.45) is 0 Å². The highest BCUT2D eigenvalue weighted by Gasteiger charge is 2.54. The number of aliphatic hydroxyl groups excluding tert-OH is 8. The number of aliphatic hydroxyl groups is 8. The minimum atomic E-state index is -1.77. The largest absolute Gasteiger partial charge is 0.394 e. The van der Waals surface area contributed by atoms with Gasteiger partial charge < -0.3 is 80.5 Å². The normalized spacial score (nSPS) is 43.5. The molecule has 0 aromatic carbocycles. The van der Waals surface area contributed by atoms with Crippen molar-refractivity contribution in [3.63, 3.8) is 0 Å². The molecular weight excluding hydrogens is 586 g/mol. The Morgan fingerprint density at radius 3 is 1.37 bits per heavy atom. The molecule has 19 heteroatoms. The molecular formula is C24H41N3O16. The van der Waals surface area contributed by atoms with Crippen molar-refractivity contribution >= 4 is 17.7 Å². The minimum Gasteiger partial charge on any atom is -0.394 e. The lowest BCUT2D eigenvalue weighted by Gasteiger charge is -2.49. The highest BCUT2D eigenvalue weighted by Crippen LogP contribution is 2.32. The number of hydrogen-bond acceptors (Lipinski definition) is 16. The van der Waals surface area contributed by atoms with Gasteiger partial charge in [-0.05, 0) is 0 Å². The second-order valence-corrected chi connectivity index (χ2v) is 10.5. The lowest BCUT2D eigenvalue weighted by atomic mass is 9.93. The van der Waals surface area contributed by atoms with E-state index in [1.807, 2.05) is 0 Å². The van der Waals surface area contributed by atoms with Crippen LogP contribution in [-0.2, 0) is 38.1 Å². The van der Waals surface area contributed by atoms with Gasteiger partial charge in [0.05, 0.1) is 19.8 Å². The first-order valence-corrected chi connectivity index (χ1v) is 13.5. The second kappa shape index (κ2) is 15.3. The van der Waals surface area contributed by atoms with Crippen LogP contribution in [0.1, 0.15) is 20.8 Å². The van der Waals surface area contributed by atoms with E-state index in [1.165, 1.54) is 0 Å². The quantitative estimate of drug-likeness (QED) is 0.107. The summed E-state index contributed by atoms with van der Waals surface area (Å²) in [6, 6.07) is -4.31. The Balaban J connectivity index is 1.89. The molecule has 3 aliphatic rings. The molecule has 0 radical (unpaired) electrons. The number of ether oxygens (including phenoxy) is 5. The summed E-state index contributed by atoms with van der Waals surface area (Å²) in [5.41, 5.74) is 0. The van der Waals surface area contributed by atoms with E-state index in [-0.39, 0.29) is 0 Å². The predicted molar refractivity (Wildman–Crippen MR) is 136 cm³/mol. The summed E-state index contributed by atoms with van der Waals surface area (Å²) in [7, 11) is 0. The van der Waals surface area contributed by atoms with Crippen molar-refractivity contribution in [3.05, 3.63) is 0 Å². The van der Waals surface area contributed by atoms with Crippen LogP contribution in [0.2, 0.25) is 0 Å². The fraction of sp³-hybridized carbons (Fsp3) is 0.875. The summed E-state index contributed by atoms with van der Waals surface area (Å²) < 4.78 is 28.3. The van der Waals surface area contributed by atoms with Gasteiger partial charge in [-0.1, -0.05) is 0 Å². The van der Waals surface area contributed by atoms with Crippen molar-refractivity contribution in [2.45, 2.75) is 113 Å². The van der Waals surface area contributed by atoms with Gasteiger partial charge in [0.15, 0.2) is 18.9 Å². The third kappa shape index (κ3) is 8.14. The standard InChI is InChI=1S/C24H41N3O16/c1-7(31)25-13-18(36)20(11(5-29)39-22(13)38)42-24-15(27-9(3)33)19(37)21(12(6-30)41-24)43-23-14(26-8(2)32)17(35)16(34)10(4-28)40-23/h10-24,28-30,34-38H,4-6H2,1-3H3,(H,25,31)(H,26,32)(H,27,33)/t10-,11-,12-,13-,14-,15-,16+,17-,18-,19-,20+,21+,22?,23+,24+/m1/s1. The van der Waals surface area contributed by atoms with Crippen LogP contribution < -0.4 is 16.0 Å². The average molecular weight is 628 g/mol. The van der Waals surface area contributed by atoms with E-state index in [2.05, 4.69) is 16.0 Å². The SMILES string of the molecule is CC(=O)N[C@H]1[C@H](O[C@@H]2[C@H](O)[C@@H](NC(C)=O)C(O)O[C@@H]2CO)O[C@H](CO)[C@H](O[C@@H]2O[C@H](CO)[C@H](O)[C@H](O)[C@H]2NC(C)=O)[C@@H]1O. The number of rotatable bonds is 10. The third-order valence-electron chi connectivity index (χ3n) is 7.30. The Morgan fingerprint density at radius 1 is 0.558 bits per heavy atom. The summed E-state index contributed by atoms with van der Waals surface area (Å²) in [5.74, 6) is -1.96. The molecule has 15 atom stereocenters. The van der Waals surface area contributed by atoms with E-state index in [0.29, 0.717) is 0 Å². The lowest BCUT2D eigenvalue weighted by molar-refractivity contribution is -0.351. The van der Waals surface area contributed by atoms with Crippen LogP contribution in [0.4, 0.5) is 0 Å². The van der Waals surface area contributed by atoms with Gasteiger partial charge in [0.1, 0.15) is 73.1 Å². The smallest absolute Gasteiger partial charge is 0.217 e. The highest BCUT2D eigenvalue weighted by molar-refractivity contribution is 5.74. The van der Waals surface area contributed by atoms with Crippen molar-refractivity contribution in [2.75, 3.05) is 19.8 Å². The van der Waals surface area contributed by atoms with Crippen LogP contribution in [0.5, 0.6) is 0 Å². The molecule has 3 heterocycles. The molecule has 19 nitrogen and oxygen atoms in total. The van der Waals surface area contributed by atoms with E-state index in [9.17, 15) is 55.2 Å². The molecule has 3 saturated heterocycles. The Hall–Kier alpha value is -2.11. The molecule has 0 spiro atoms. The number of nitrogens with one attached hydrogen (secondary N) is 3. The third-order valence-corrected chi connectivity index (χ3v) is 7.30. The number of carbonyl (C=O) groups is 3. The van der Waals surface area contributed by atoms with Crippen molar-refractivity contribution < 1.29 is 78.9 Å². The van der Waals surface area contributed by atoms with Crippen molar-refractivity contribution in [1.82, 2.24) is 16.0 Å². The first kappa shape index (κ1) is 35.4. The number of hydrogen-bond donors (Lipinski definition) is 11. The molecule has 3 amide bonds. The molecule has 3 fully saturated rings. The van der Waals surface area contributed by atoms with Gasteiger partial charge in [0.25, 0.3) is 0 Å². The van der Waals surface area contributed by atoms with Gasteiger partial charge >= 0.3 is 0 Å². The second-order valence-electron chi connectivity index (χ2n) is 10.5. The van der Waals surface area contributed by atoms with Crippen LogP contribution in [0.15, 0.2) is 0 Å². The Labute approximate surface area is 245 Å². The van der Waals surface area contributed by atoms with Gasteiger partial charge in [0, 0.05) is 20.8 Å². The van der Waals surface area contributed by atoms with Gasteiger partial charge in [-0.15, -0.1) is 0 Å². The van der Waals surface area contributed by atoms with Gasteiger partial charge in [-0.2, -0.15) is 0 Å². The molecule has 11 N–H and O–H groups in total. The minimum absolute atomic E-state index is 0.628. The van der Waals surface area contributed by atoms with Crippen LogP contribution in [0.3, 0.4) is 0 Å². The topological polar surface area (TPSA) is 295 Å². The molecule has 0 aliphatic carbocycles. The van der Waals surface area contributed by atoms with Crippen LogP contribution in [-0.4, -0.2) is 170 Å². The maximum absolute atomic E-state index is 12.1. The predicted octanol–water partition coefficient (Wildman–Crippen LogP) is -7.14. The molecule has 3 aliphatic heterocycles. The highest BCUT2D eigenvalue weighted by atomic mass is 16.7. The lowest BCUT2D eigenvalue weighted by Crippen LogP contribution is -2.71. The van der Waals surface area contributed by atoms with Crippen molar-refractivity contribution in [3.8, 4) is 0 Å². The van der Waals surface area contributed by atoms with E-state index in [4.69, 9.17) is 23.7 Å². The molecule has 0 saturated carbocycles. The van der Waals surface area contributed by atoms with E-state index >= 15 is 0 Å². The fourth-order valence-electron chi connectivity index (χ4n) is 5.28. The zero-order valence-electron chi connectivity index (χ0n) is 23.6. The molecule has 43 heavy (non-hydrogen) atoms. The number of carbonyl (C=O) groups excluding carboxylic acids is 3. The maximum atomic E-state index is 12.1. The van der Waals surface area contributed by atoms with E-state index in [0.717, 1.165) is 20.8 Å². The summed E-state index contributed by atoms with van der Waals surface area (Å²) in [4.78, 5) is 35.5. The zero-order chi connectivity index (χ0) is 32.2. The summed E-state index contributed by atoms with van der Waals surface area (Å²) >= 11 is 0. The summed E-state index contributed by atoms with van der Waals surface area (Å²) in [5, 5.41) is 90.0.